The van der Waals surface area contributed by atoms with Gasteiger partial charge in [-0.3, -0.25) is 14.9 Å². The maximum Gasteiger partial charge on any atom is 0.405 e. The van der Waals surface area contributed by atoms with Gasteiger partial charge in [0.25, 0.3) is 5.91 Å². The van der Waals surface area contributed by atoms with Crippen molar-refractivity contribution in [3.63, 3.8) is 0 Å². The number of amides is 4. The fourth-order valence-corrected chi connectivity index (χ4v) is 2.32. The molecule has 1 aromatic rings. The van der Waals surface area contributed by atoms with E-state index in [1.807, 2.05) is 0 Å². The van der Waals surface area contributed by atoms with Gasteiger partial charge in [-0.05, 0) is 24.6 Å². The van der Waals surface area contributed by atoms with Gasteiger partial charge in [-0.2, -0.15) is 13.2 Å². The van der Waals surface area contributed by atoms with Gasteiger partial charge < -0.3 is 15.0 Å². The Morgan fingerprint density at radius 1 is 1.22 bits per heavy atom. The van der Waals surface area contributed by atoms with Gasteiger partial charge in [0, 0.05) is 18.7 Å². The van der Waals surface area contributed by atoms with E-state index >= 15 is 0 Å². The molecule has 0 aliphatic carbocycles. The monoisotopic (exact) mass is 387 g/mol. The maximum atomic E-state index is 12.0. The molecule has 1 fully saturated rings. The van der Waals surface area contributed by atoms with Crippen molar-refractivity contribution >= 4 is 29.5 Å². The van der Waals surface area contributed by atoms with Gasteiger partial charge in [0.1, 0.15) is 6.54 Å². The number of hydrogen-bond acceptors (Lipinski definition) is 5. The highest BCUT2D eigenvalue weighted by Gasteiger charge is 2.28. The number of benzene rings is 1. The molecular formula is C16H16F3N3O5. The lowest BCUT2D eigenvalue weighted by atomic mass is 10.2. The van der Waals surface area contributed by atoms with Crippen LogP contribution in [0.15, 0.2) is 24.3 Å². The first kappa shape index (κ1) is 20.2. The third-order valence-corrected chi connectivity index (χ3v) is 3.50. The number of halogens is 3. The fraction of sp³-hybridized carbons (Fsp3) is 0.375. The molecule has 0 bridgehead atoms. The van der Waals surface area contributed by atoms with E-state index in [0.29, 0.717) is 25.1 Å². The molecule has 0 unspecified atom stereocenters. The molecule has 1 aliphatic rings. The van der Waals surface area contributed by atoms with Crippen LogP contribution < -0.4 is 15.5 Å². The number of carbonyl (C=O) groups is 4. The molecule has 4 amide bonds. The van der Waals surface area contributed by atoms with Gasteiger partial charge in [0.05, 0.1) is 5.56 Å². The summed E-state index contributed by atoms with van der Waals surface area (Å²) in [5.74, 6) is -2.03. The molecule has 0 aromatic heterocycles. The van der Waals surface area contributed by atoms with Crippen LogP contribution in [0, 0.1) is 0 Å². The Labute approximate surface area is 151 Å². The number of anilines is 1. The summed E-state index contributed by atoms with van der Waals surface area (Å²) in [5, 5.41) is 3.04. The highest BCUT2D eigenvalue weighted by Crippen LogP contribution is 2.22. The van der Waals surface area contributed by atoms with Crippen molar-refractivity contribution in [1.29, 1.82) is 0 Å². The van der Waals surface area contributed by atoms with Crippen molar-refractivity contribution in [1.82, 2.24) is 10.6 Å². The molecule has 27 heavy (non-hydrogen) atoms. The highest BCUT2D eigenvalue weighted by molar-refractivity contribution is 5.99. The molecule has 0 spiro atoms. The van der Waals surface area contributed by atoms with Crippen molar-refractivity contribution in [2.75, 3.05) is 24.6 Å². The van der Waals surface area contributed by atoms with E-state index in [2.05, 4.69) is 0 Å². The van der Waals surface area contributed by atoms with Crippen LogP contribution in [0.2, 0.25) is 0 Å². The summed E-state index contributed by atoms with van der Waals surface area (Å²) in [5.41, 5.74) is 0.601. The summed E-state index contributed by atoms with van der Waals surface area (Å²) >= 11 is 0. The van der Waals surface area contributed by atoms with Crippen LogP contribution in [-0.4, -0.2) is 49.7 Å². The average Bonchev–Trinajstić information content (AvgIpc) is 3.03. The predicted molar refractivity (Wildman–Crippen MR) is 85.9 cm³/mol. The van der Waals surface area contributed by atoms with E-state index in [4.69, 9.17) is 4.74 Å². The van der Waals surface area contributed by atoms with E-state index in [1.54, 1.807) is 17.4 Å². The molecule has 1 aliphatic heterocycles. The van der Waals surface area contributed by atoms with Gasteiger partial charge in [-0.15, -0.1) is 0 Å². The smallest absolute Gasteiger partial charge is 0.405 e. The second kappa shape index (κ2) is 8.52. The molecule has 146 valence electrons. The van der Waals surface area contributed by atoms with Crippen LogP contribution in [-0.2, 0) is 14.3 Å². The van der Waals surface area contributed by atoms with Crippen molar-refractivity contribution in [3.05, 3.63) is 29.8 Å². The summed E-state index contributed by atoms with van der Waals surface area (Å²) in [4.78, 5) is 47.8. The largest absolute Gasteiger partial charge is 0.452 e. The van der Waals surface area contributed by atoms with Gasteiger partial charge in [0.15, 0.2) is 6.61 Å². The standard InChI is InChI=1S/C16H16F3N3O5/c17-16(18,19)9-20-15(26)21-12(23)8-27-14(25)10-3-1-4-11(7-10)22-6-2-5-13(22)24/h1,3-4,7H,2,5-6,8-9H2,(H2,20,21,23,26). The lowest BCUT2D eigenvalue weighted by molar-refractivity contribution is -0.125. The molecular weight excluding hydrogens is 371 g/mol. The number of hydrogen-bond donors (Lipinski definition) is 2. The lowest BCUT2D eigenvalue weighted by Gasteiger charge is -2.16. The van der Waals surface area contributed by atoms with Crippen LogP contribution in [0.3, 0.4) is 0 Å². The Bertz CT molecular complexity index is 751. The number of nitrogens with zero attached hydrogens (tertiary/aromatic N) is 1. The lowest BCUT2D eigenvalue weighted by Crippen LogP contribution is -2.44. The third kappa shape index (κ3) is 6.28. The molecule has 1 saturated heterocycles. The molecule has 2 N–H and O–H groups in total. The fourth-order valence-electron chi connectivity index (χ4n) is 2.32. The Kier molecular flexibility index (Phi) is 6.37. The first-order chi connectivity index (χ1) is 12.7. The number of alkyl halides is 3. The number of esters is 1. The van der Waals surface area contributed by atoms with Crippen molar-refractivity contribution < 1.29 is 37.1 Å². The van der Waals surface area contributed by atoms with Gasteiger partial charge >= 0.3 is 18.2 Å². The summed E-state index contributed by atoms with van der Waals surface area (Å²) in [6.07, 6.45) is -3.48. The normalized spacial score (nSPS) is 14.0. The average molecular weight is 387 g/mol. The summed E-state index contributed by atoms with van der Waals surface area (Å²) < 4.78 is 40.6. The Balaban J connectivity index is 1.84. The van der Waals surface area contributed by atoms with Crippen LogP contribution in [0.25, 0.3) is 0 Å². The molecule has 2 rings (SSSR count). The van der Waals surface area contributed by atoms with E-state index in [1.165, 1.54) is 22.3 Å². The van der Waals surface area contributed by atoms with Gasteiger partial charge in [0.2, 0.25) is 5.91 Å². The van der Waals surface area contributed by atoms with Crippen LogP contribution in [0.5, 0.6) is 0 Å². The zero-order valence-electron chi connectivity index (χ0n) is 14.0. The number of rotatable bonds is 5. The quantitative estimate of drug-likeness (QED) is 0.743. The number of urea groups is 1. The Morgan fingerprint density at radius 3 is 2.59 bits per heavy atom. The molecule has 0 radical (unpaired) electrons. The second-order valence-corrected chi connectivity index (χ2v) is 5.62. The van der Waals surface area contributed by atoms with E-state index in [9.17, 15) is 32.3 Å². The summed E-state index contributed by atoms with van der Waals surface area (Å²) in [7, 11) is 0. The zero-order chi connectivity index (χ0) is 20.0. The van der Waals surface area contributed by atoms with Gasteiger partial charge in [-0.25, -0.2) is 9.59 Å². The Hall–Kier alpha value is -3.11. The number of nitrogens with one attached hydrogen (secondary N) is 2. The summed E-state index contributed by atoms with van der Waals surface area (Å²) in [6, 6.07) is 4.68. The van der Waals surface area contributed by atoms with E-state index < -0.39 is 37.2 Å². The minimum atomic E-state index is -4.62. The van der Waals surface area contributed by atoms with Crippen LogP contribution in [0.4, 0.5) is 23.7 Å². The third-order valence-electron chi connectivity index (χ3n) is 3.50. The number of carbonyl (C=O) groups excluding carboxylic acids is 4. The van der Waals surface area contributed by atoms with Crippen LogP contribution in [0.1, 0.15) is 23.2 Å². The molecule has 1 aromatic carbocycles. The van der Waals surface area contributed by atoms with E-state index in [0.717, 1.165) is 0 Å². The summed E-state index contributed by atoms with van der Waals surface area (Å²) in [6.45, 7) is -1.92. The van der Waals surface area contributed by atoms with Crippen molar-refractivity contribution in [2.24, 2.45) is 0 Å². The molecule has 11 heteroatoms. The van der Waals surface area contributed by atoms with Crippen molar-refractivity contribution in [3.8, 4) is 0 Å². The second-order valence-electron chi connectivity index (χ2n) is 5.62. The zero-order valence-corrected chi connectivity index (χ0v) is 14.0. The molecule has 0 saturated carbocycles. The highest BCUT2D eigenvalue weighted by atomic mass is 19.4. The predicted octanol–water partition coefficient (Wildman–Crippen LogP) is 1.36. The minimum Gasteiger partial charge on any atom is -0.452 e. The van der Waals surface area contributed by atoms with Gasteiger partial charge in [-0.1, -0.05) is 6.07 Å². The first-order valence-corrected chi connectivity index (χ1v) is 7.88. The SMILES string of the molecule is O=C(COC(=O)c1cccc(N2CCCC2=O)c1)NC(=O)NCC(F)(F)F. The van der Waals surface area contributed by atoms with E-state index in [-0.39, 0.29) is 11.5 Å². The Morgan fingerprint density at radius 2 is 1.96 bits per heavy atom. The molecule has 0 atom stereocenters. The molecule has 1 heterocycles. The van der Waals surface area contributed by atoms with Crippen molar-refractivity contribution in [2.45, 2.75) is 19.0 Å². The molecule has 8 nitrogen and oxygen atoms in total. The minimum absolute atomic E-state index is 0.0650. The first-order valence-electron chi connectivity index (χ1n) is 7.88. The number of ether oxygens (including phenoxy) is 1. The topological polar surface area (TPSA) is 105 Å². The maximum absolute atomic E-state index is 12.0. The number of imide groups is 1. The van der Waals surface area contributed by atoms with Crippen LogP contribution >= 0.6 is 0 Å².